The lowest BCUT2D eigenvalue weighted by Gasteiger charge is -2.18. The molecular formula is C9H14ClN3O. The minimum atomic E-state index is -0.774. The van der Waals surface area contributed by atoms with Gasteiger partial charge in [-0.1, -0.05) is 11.6 Å². The highest BCUT2D eigenvalue weighted by Crippen LogP contribution is 2.18. The van der Waals surface area contributed by atoms with Gasteiger partial charge >= 0.3 is 0 Å². The number of anilines is 1. The van der Waals surface area contributed by atoms with Crippen LogP contribution in [-0.2, 0) is 0 Å². The summed E-state index contributed by atoms with van der Waals surface area (Å²) in [5.41, 5.74) is 0.0163. The van der Waals surface area contributed by atoms with Gasteiger partial charge in [0.05, 0.1) is 5.60 Å². The average Bonchev–Trinajstić information content (AvgIpc) is 2.06. The van der Waals surface area contributed by atoms with E-state index in [0.717, 1.165) is 5.56 Å². The maximum atomic E-state index is 9.50. The fraction of sp³-hybridized carbons (Fsp3) is 0.556. The Hall–Kier alpha value is -0.870. The summed E-state index contributed by atoms with van der Waals surface area (Å²) in [6, 6.07) is 0. The summed E-state index contributed by atoms with van der Waals surface area (Å²) in [4.78, 5) is 7.86. The number of nitrogens with zero attached hydrogens (tertiary/aromatic N) is 2. The Morgan fingerprint density at radius 3 is 2.71 bits per heavy atom. The van der Waals surface area contributed by atoms with Crippen LogP contribution < -0.4 is 5.32 Å². The second-order valence-corrected chi connectivity index (χ2v) is 4.16. The number of rotatable bonds is 3. The van der Waals surface area contributed by atoms with E-state index in [1.165, 1.54) is 6.33 Å². The van der Waals surface area contributed by atoms with Gasteiger partial charge in [-0.2, -0.15) is 0 Å². The van der Waals surface area contributed by atoms with Gasteiger partial charge in [-0.3, -0.25) is 0 Å². The summed E-state index contributed by atoms with van der Waals surface area (Å²) in [6.45, 7) is 5.69. The van der Waals surface area contributed by atoms with Crippen LogP contribution in [0.4, 0.5) is 5.82 Å². The van der Waals surface area contributed by atoms with Crippen LogP contribution in [0.2, 0.25) is 5.15 Å². The summed E-state index contributed by atoms with van der Waals surface area (Å²) >= 11 is 5.81. The molecule has 1 aromatic heterocycles. The highest BCUT2D eigenvalue weighted by Gasteiger charge is 2.13. The summed E-state index contributed by atoms with van der Waals surface area (Å²) < 4.78 is 0. The van der Waals surface area contributed by atoms with Crippen LogP contribution >= 0.6 is 11.6 Å². The Morgan fingerprint density at radius 1 is 1.50 bits per heavy atom. The van der Waals surface area contributed by atoms with E-state index < -0.39 is 5.60 Å². The normalized spacial score (nSPS) is 11.5. The van der Waals surface area contributed by atoms with Crippen LogP contribution in [0.15, 0.2) is 6.33 Å². The van der Waals surface area contributed by atoms with Gasteiger partial charge in [0, 0.05) is 12.1 Å². The van der Waals surface area contributed by atoms with Crippen molar-refractivity contribution >= 4 is 17.4 Å². The Labute approximate surface area is 88.3 Å². The Kier molecular flexibility index (Phi) is 3.29. The molecule has 1 heterocycles. The Morgan fingerprint density at radius 2 is 2.14 bits per heavy atom. The minimum Gasteiger partial charge on any atom is -0.389 e. The van der Waals surface area contributed by atoms with Crippen LogP contribution in [-0.4, -0.2) is 27.2 Å². The third kappa shape index (κ3) is 3.12. The predicted octanol–water partition coefficient (Wildman–Crippen LogP) is 1.62. The van der Waals surface area contributed by atoms with Gasteiger partial charge in [-0.05, 0) is 20.8 Å². The van der Waals surface area contributed by atoms with E-state index in [1.807, 2.05) is 6.92 Å². The molecule has 0 aliphatic rings. The first kappa shape index (κ1) is 11.2. The zero-order valence-corrected chi connectivity index (χ0v) is 9.26. The van der Waals surface area contributed by atoms with Gasteiger partial charge in [0.25, 0.3) is 0 Å². The minimum absolute atomic E-state index is 0.418. The number of nitrogens with one attached hydrogen (secondary N) is 1. The van der Waals surface area contributed by atoms with Crippen molar-refractivity contribution in [2.24, 2.45) is 0 Å². The van der Waals surface area contributed by atoms with E-state index in [1.54, 1.807) is 13.8 Å². The number of hydrogen-bond acceptors (Lipinski definition) is 4. The van der Waals surface area contributed by atoms with Crippen molar-refractivity contribution < 1.29 is 5.11 Å². The average molecular weight is 216 g/mol. The summed E-state index contributed by atoms with van der Waals surface area (Å²) in [5.74, 6) is 0.659. The molecular weight excluding hydrogens is 202 g/mol. The van der Waals surface area contributed by atoms with E-state index in [0.29, 0.717) is 17.5 Å². The zero-order valence-electron chi connectivity index (χ0n) is 8.50. The van der Waals surface area contributed by atoms with Gasteiger partial charge < -0.3 is 10.4 Å². The fourth-order valence-electron chi connectivity index (χ4n) is 0.907. The molecule has 78 valence electrons. The molecule has 5 heteroatoms. The van der Waals surface area contributed by atoms with Gasteiger partial charge in [0.1, 0.15) is 17.3 Å². The lowest BCUT2D eigenvalue weighted by molar-refractivity contribution is 0.0944. The van der Waals surface area contributed by atoms with Crippen LogP contribution in [0.1, 0.15) is 19.4 Å². The first-order valence-electron chi connectivity index (χ1n) is 4.33. The second kappa shape index (κ2) is 4.11. The molecule has 1 rings (SSSR count). The van der Waals surface area contributed by atoms with Gasteiger partial charge in [0.2, 0.25) is 0 Å². The molecule has 0 unspecified atom stereocenters. The largest absolute Gasteiger partial charge is 0.389 e. The number of halogens is 1. The fourth-order valence-corrected chi connectivity index (χ4v) is 1.04. The molecule has 0 radical (unpaired) electrons. The van der Waals surface area contributed by atoms with E-state index >= 15 is 0 Å². The standard InChI is InChI=1S/C9H14ClN3O/c1-6-7(10)12-5-13-8(6)11-4-9(2,3)14/h5,14H,4H2,1-3H3,(H,11,12,13). The van der Waals surface area contributed by atoms with Gasteiger partial charge in [-0.15, -0.1) is 0 Å². The third-order valence-electron chi connectivity index (χ3n) is 1.71. The Balaban J connectivity index is 2.73. The van der Waals surface area contributed by atoms with Crippen molar-refractivity contribution in [3.05, 3.63) is 17.0 Å². The summed E-state index contributed by atoms with van der Waals surface area (Å²) in [6.07, 6.45) is 1.39. The molecule has 2 N–H and O–H groups in total. The predicted molar refractivity (Wildman–Crippen MR) is 56.6 cm³/mol. The number of aliphatic hydroxyl groups is 1. The SMILES string of the molecule is Cc1c(Cl)ncnc1NCC(C)(C)O. The first-order valence-corrected chi connectivity index (χ1v) is 4.71. The maximum absolute atomic E-state index is 9.50. The lowest BCUT2D eigenvalue weighted by atomic mass is 10.1. The zero-order chi connectivity index (χ0) is 10.8. The Bertz CT molecular complexity index is 322. The molecule has 0 saturated carbocycles. The molecule has 4 nitrogen and oxygen atoms in total. The molecule has 0 fully saturated rings. The molecule has 0 bridgehead atoms. The molecule has 0 spiro atoms. The molecule has 0 atom stereocenters. The molecule has 1 aromatic rings. The van der Waals surface area contributed by atoms with Crippen molar-refractivity contribution in [1.29, 1.82) is 0 Å². The topological polar surface area (TPSA) is 58.0 Å². The highest BCUT2D eigenvalue weighted by molar-refractivity contribution is 6.30. The highest BCUT2D eigenvalue weighted by atomic mass is 35.5. The summed E-state index contributed by atoms with van der Waals surface area (Å²) in [5, 5.41) is 12.9. The smallest absolute Gasteiger partial charge is 0.137 e. The number of hydrogen-bond donors (Lipinski definition) is 2. The van der Waals surface area contributed by atoms with Crippen molar-refractivity contribution in [3.63, 3.8) is 0 Å². The summed E-state index contributed by atoms with van der Waals surface area (Å²) in [7, 11) is 0. The molecule has 0 aromatic carbocycles. The molecule has 0 amide bonds. The van der Waals surface area contributed by atoms with Gasteiger partial charge in [0.15, 0.2) is 0 Å². The van der Waals surface area contributed by atoms with Crippen LogP contribution in [0, 0.1) is 6.92 Å². The van der Waals surface area contributed by atoms with E-state index in [-0.39, 0.29) is 0 Å². The van der Waals surface area contributed by atoms with Crippen LogP contribution in [0.5, 0.6) is 0 Å². The maximum Gasteiger partial charge on any atom is 0.137 e. The molecule has 14 heavy (non-hydrogen) atoms. The van der Waals surface area contributed by atoms with E-state index in [9.17, 15) is 5.11 Å². The van der Waals surface area contributed by atoms with Crippen molar-refractivity contribution in [1.82, 2.24) is 9.97 Å². The van der Waals surface area contributed by atoms with E-state index in [2.05, 4.69) is 15.3 Å². The van der Waals surface area contributed by atoms with Crippen molar-refractivity contribution in [2.75, 3.05) is 11.9 Å². The number of aromatic nitrogens is 2. The molecule has 0 saturated heterocycles. The molecule has 0 aliphatic heterocycles. The molecule has 0 aliphatic carbocycles. The lowest BCUT2D eigenvalue weighted by Crippen LogP contribution is -2.29. The van der Waals surface area contributed by atoms with Crippen LogP contribution in [0.25, 0.3) is 0 Å². The monoisotopic (exact) mass is 215 g/mol. The second-order valence-electron chi connectivity index (χ2n) is 3.80. The van der Waals surface area contributed by atoms with Crippen molar-refractivity contribution in [2.45, 2.75) is 26.4 Å². The quantitative estimate of drug-likeness (QED) is 0.753. The van der Waals surface area contributed by atoms with Gasteiger partial charge in [-0.25, -0.2) is 9.97 Å². The third-order valence-corrected chi connectivity index (χ3v) is 2.09. The van der Waals surface area contributed by atoms with Crippen LogP contribution in [0.3, 0.4) is 0 Å². The van der Waals surface area contributed by atoms with E-state index in [4.69, 9.17) is 11.6 Å². The first-order chi connectivity index (χ1) is 6.40. The van der Waals surface area contributed by atoms with Crippen molar-refractivity contribution in [3.8, 4) is 0 Å².